The number of benzene rings is 3. The van der Waals surface area contributed by atoms with Crippen molar-refractivity contribution in [2.75, 3.05) is 0 Å². The summed E-state index contributed by atoms with van der Waals surface area (Å²) in [7, 11) is 0. The average Bonchev–Trinajstić information content (AvgIpc) is 3.07. The van der Waals surface area contributed by atoms with Crippen LogP contribution in [0, 0.1) is 0 Å². The first kappa shape index (κ1) is 14.8. The van der Waals surface area contributed by atoms with Gasteiger partial charge < -0.3 is 5.73 Å². The van der Waals surface area contributed by atoms with E-state index >= 15 is 0 Å². The SMILES string of the molecule is NC1=Nc2cc(-c3ccc4ncc(-c5ccccc5)nc4c3)ccc2C1. The molecule has 0 spiro atoms. The first-order valence-electron chi connectivity index (χ1n) is 8.55. The zero-order valence-electron chi connectivity index (χ0n) is 14.1. The van der Waals surface area contributed by atoms with Gasteiger partial charge in [-0.05, 0) is 34.9 Å². The molecule has 0 unspecified atom stereocenters. The van der Waals surface area contributed by atoms with Crippen molar-refractivity contribution >= 4 is 22.6 Å². The average molecular weight is 336 g/mol. The summed E-state index contributed by atoms with van der Waals surface area (Å²) in [5.41, 5.74) is 13.9. The number of nitrogens with two attached hydrogens (primary N) is 1. The Bertz CT molecular complexity index is 1160. The van der Waals surface area contributed by atoms with Crippen LogP contribution in [0.2, 0.25) is 0 Å². The normalized spacial score (nSPS) is 12.8. The highest BCUT2D eigenvalue weighted by Crippen LogP contribution is 2.32. The summed E-state index contributed by atoms with van der Waals surface area (Å²) in [5.74, 6) is 0.675. The van der Waals surface area contributed by atoms with Crippen molar-refractivity contribution in [1.29, 1.82) is 0 Å². The highest BCUT2D eigenvalue weighted by molar-refractivity contribution is 5.92. The lowest BCUT2D eigenvalue weighted by molar-refractivity contribution is 1.29. The molecule has 4 nitrogen and oxygen atoms in total. The van der Waals surface area contributed by atoms with Crippen molar-refractivity contribution < 1.29 is 0 Å². The Kier molecular flexibility index (Phi) is 3.28. The van der Waals surface area contributed by atoms with E-state index < -0.39 is 0 Å². The first-order chi connectivity index (χ1) is 12.8. The van der Waals surface area contributed by atoms with E-state index in [-0.39, 0.29) is 0 Å². The second-order valence-corrected chi connectivity index (χ2v) is 6.45. The second-order valence-electron chi connectivity index (χ2n) is 6.45. The van der Waals surface area contributed by atoms with E-state index in [1.54, 1.807) is 0 Å². The molecule has 26 heavy (non-hydrogen) atoms. The fourth-order valence-corrected chi connectivity index (χ4v) is 3.33. The molecule has 0 atom stereocenters. The van der Waals surface area contributed by atoms with E-state index in [9.17, 15) is 0 Å². The van der Waals surface area contributed by atoms with E-state index in [2.05, 4.69) is 40.3 Å². The molecule has 4 heteroatoms. The summed E-state index contributed by atoms with van der Waals surface area (Å²) in [6.45, 7) is 0. The van der Waals surface area contributed by atoms with Crippen LogP contribution in [0.4, 0.5) is 5.69 Å². The van der Waals surface area contributed by atoms with Gasteiger partial charge in [0.1, 0.15) is 5.84 Å². The number of hydrogen-bond donors (Lipinski definition) is 1. The summed E-state index contributed by atoms with van der Waals surface area (Å²) in [4.78, 5) is 13.8. The fourth-order valence-electron chi connectivity index (χ4n) is 3.33. The van der Waals surface area contributed by atoms with Crippen molar-refractivity contribution in [2.24, 2.45) is 10.7 Å². The van der Waals surface area contributed by atoms with Crippen molar-refractivity contribution in [3.05, 3.63) is 78.5 Å². The molecule has 3 aromatic carbocycles. The first-order valence-corrected chi connectivity index (χ1v) is 8.55. The van der Waals surface area contributed by atoms with Crippen LogP contribution in [0.5, 0.6) is 0 Å². The van der Waals surface area contributed by atoms with Gasteiger partial charge in [-0.15, -0.1) is 0 Å². The molecular weight excluding hydrogens is 320 g/mol. The van der Waals surface area contributed by atoms with Crippen LogP contribution in [-0.4, -0.2) is 15.8 Å². The molecule has 1 aromatic heterocycles. The van der Waals surface area contributed by atoms with Gasteiger partial charge in [-0.2, -0.15) is 0 Å². The number of hydrogen-bond acceptors (Lipinski definition) is 4. The molecule has 124 valence electrons. The maximum absolute atomic E-state index is 5.85. The van der Waals surface area contributed by atoms with Gasteiger partial charge in [0, 0.05) is 12.0 Å². The van der Waals surface area contributed by atoms with E-state index in [0.717, 1.165) is 45.5 Å². The van der Waals surface area contributed by atoms with Crippen LogP contribution in [0.25, 0.3) is 33.4 Å². The quantitative estimate of drug-likeness (QED) is 0.586. The summed E-state index contributed by atoms with van der Waals surface area (Å²) in [6.07, 6.45) is 2.56. The number of aliphatic imine (C=N–C) groups is 1. The molecule has 0 aliphatic carbocycles. The minimum Gasteiger partial charge on any atom is -0.387 e. The van der Waals surface area contributed by atoms with Gasteiger partial charge in [-0.25, -0.2) is 9.98 Å². The molecule has 2 heterocycles. The van der Waals surface area contributed by atoms with Crippen LogP contribution in [-0.2, 0) is 6.42 Å². The Labute approximate surface area is 151 Å². The Balaban J connectivity index is 1.60. The van der Waals surface area contributed by atoms with Crippen LogP contribution in [0.3, 0.4) is 0 Å². The monoisotopic (exact) mass is 336 g/mol. The zero-order chi connectivity index (χ0) is 17.5. The molecule has 0 saturated heterocycles. The molecule has 0 radical (unpaired) electrons. The highest BCUT2D eigenvalue weighted by atomic mass is 14.9. The standard InChI is InChI=1S/C22H16N4/c23-22-12-17-7-6-15(10-19(17)26-22)16-8-9-18-20(11-16)25-21(13-24-18)14-4-2-1-3-5-14/h1-11,13H,12H2,(H2,23,26). The van der Waals surface area contributed by atoms with Gasteiger partial charge in [0.2, 0.25) is 0 Å². The van der Waals surface area contributed by atoms with Crippen LogP contribution in [0.15, 0.2) is 77.9 Å². The lowest BCUT2D eigenvalue weighted by Gasteiger charge is -2.07. The predicted molar refractivity (Wildman–Crippen MR) is 105 cm³/mol. The Morgan fingerprint density at radius 2 is 1.58 bits per heavy atom. The maximum atomic E-state index is 5.85. The topological polar surface area (TPSA) is 64.2 Å². The second kappa shape index (κ2) is 5.77. The Hall–Kier alpha value is -3.53. The maximum Gasteiger partial charge on any atom is 0.104 e. The molecule has 1 aliphatic rings. The third-order valence-corrected chi connectivity index (χ3v) is 4.67. The van der Waals surface area contributed by atoms with Crippen LogP contribution >= 0.6 is 0 Å². The third kappa shape index (κ3) is 2.52. The Morgan fingerprint density at radius 1 is 0.769 bits per heavy atom. The minimum absolute atomic E-state index is 0.675. The molecule has 4 aromatic rings. The molecule has 0 amide bonds. The van der Waals surface area contributed by atoms with E-state index in [4.69, 9.17) is 10.7 Å². The highest BCUT2D eigenvalue weighted by Gasteiger charge is 2.13. The number of amidine groups is 1. The van der Waals surface area contributed by atoms with Gasteiger partial charge in [-0.1, -0.05) is 48.5 Å². The number of aromatic nitrogens is 2. The molecule has 0 saturated carbocycles. The number of fused-ring (bicyclic) bond motifs is 2. The van der Waals surface area contributed by atoms with Crippen molar-refractivity contribution in [3.63, 3.8) is 0 Å². The molecule has 0 bridgehead atoms. The van der Waals surface area contributed by atoms with E-state index in [1.807, 2.05) is 42.6 Å². The largest absolute Gasteiger partial charge is 0.387 e. The van der Waals surface area contributed by atoms with Gasteiger partial charge in [-0.3, -0.25) is 4.98 Å². The molecular formula is C22H16N4. The van der Waals surface area contributed by atoms with Gasteiger partial charge >= 0.3 is 0 Å². The molecule has 2 N–H and O–H groups in total. The van der Waals surface area contributed by atoms with Crippen molar-refractivity contribution in [2.45, 2.75) is 6.42 Å². The lowest BCUT2D eigenvalue weighted by Crippen LogP contribution is -2.09. The van der Waals surface area contributed by atoms with Gasteiger partial charge in [0.25, 0.3) is 0 Å². The molecule has 1 aliphatic heterocycles. The lowest BCUT2D eigenvalue weighted by atomic mass is 10.0. The summed E-state index contributed by atoms with van der Waals surface area (Å²) < 4.78 is 0. The van der Waals surface area contributed by atoms with Gasteiger partial charge in [0.05, 0.1) is 28.6 Å². The van der Waals surface area contributed by atoms with Crippen LogP contribution in [0.1, 0.15) is 5.56 Å². The molecule has 0 fully saturated rings. The zero-order valence-corrected chi connectivity index (χ0v) is 14.1. The third-order valence-electron chi connectivity index (χ3n) is 4.67. The van der Waals surface area contributed by atoms with Crippen molar-refractivity contribution in [3.8, 4) is 22.4 Å². The fraction of sp³-hybridized carbons (Fsp3) is 0.0455. The summed E-state index contributed by atoms with van der Waals surface area (Å²) in [6, 6.07) is 22.6. The Morgan fingerprint density at radius 3 is 2.46 bits per heavy atom. The summed E-state index contributed by atoms with van der Waals surface area (Å²) in [5, 5.41) is 0. The van der Waals surface area contributed by atoms with Crippen molar-refractivity contribution in [1.82, 2.24) is 9.97 Å². The number of rotatable bonds is 2. The number of nitrogens with zero attached hydrogens (tertiary/aromatic N) is 3. The summed E-state index contributed by atoms with van der Waals surface area (Å²) >= 11 is 0. The van der Waals surface area contributed by atoms with E-state index in [0.29, 0.717) is 5.84 Å². The van der Waals surface area contributed by atoms with Gasteiger partial charge in [0.15, 0.2) is 0 Å². The minimum atomic E-state index is 0.675. The van der Waals surface area contributed by atoms with E-state index in [1.165, 1.54) is 5.56 Å². The predicted octanol–water partition coefficient (Wildman–Crippen LogP) is 4.51. The van der Waals surface area contributed by atoms with Crippen LogP contribution < -0.4 is 5.73 Å². The smallest absolute Gasteiger partial charge is 0.104 e. The molecule has 5 rings (SSSR count).